The molecule has 1 radical (unpaired) electrons. The summed E-state index contributed by atoms with van der Waals surface area (Å²) >= 11 is 0. The van der Waals surface area contributed by atoms with Crippen molar-refractivity contribution < 1.29 is 32.7 Å². The standard InChI is InChI=1S/C13H7N3.Y/c1-2-6-12-11(5-1)15-9-13(16-12)10-4-3-7-14-8-10;/h1-7H;/q-2;. The SMILES string of the molecule is [Y].[c-]1ncccc1-c1[c-]nc2ccccc2n1. The zero-order valence-electron chi connectivity index (χ0n) is 8.96. The third kappa shape index (κ3) is 2.56. The van der Waals surface area contributed by atoms with Gasteiger partial charge in [-0.25, -0.2) is 5.56 Å². The van der Waals surface area contributed by atoms with E-state index in [0.717, 1.165) is 16.6 Å². The van der Waals surface area contributed by atoms with E-state index < -0.39 is 0 Å². The maximum absolute atomic E-state index is 4.46. The van der Waals surface area contributed by atoms with Crippen molar-refractivity contribution in [3.63, 3.8) is 0 Å². The van der Waals surface area contributed by atoms with E-state index in [1.165, 1.54) is 0 Å². The van der Waals surface area contributed by atoms with Crippen LogP contribution in [0.5, 0.6) is 0 Å². The summed E-state index contributed by atoms with van der Waals surface area (Å²) < 4.78 is 0. The van der Waals surface area contributed by atoms with Crippen molar-refractivity contribution in [2.75, 3.05) is 0 Å². The number of hydrogen-bond donors (Lipinski definition) is 0. The van der Waals surface area contributed by atoms with Gasteiger partial charge in [-0.2, -0.15) is 6.07 Å². The zero-order valence-corrected chi connectivity index (χ0v) is 11.8. The molecule has 0 amide bonds. The molecule has 3 rings (SSSR count). The van der Waals surface area contributed by atoms with E-state index in [4.69, 9.17) is 0 Å². The van der Waals surface area contributed by atoms with Gasteiger partial charge in [0, 0.05) is 38.2 Å². The number of benzene rings is 1. The van der Waals surface area contributed by atoms with E-state index in [-0.39, 0.29) is 32.7 Å². The number of pyridine rings is 1. The van der Waals surface area contributed by atoms with Crippen LogP contribution in [0, 0.1) is 12.4 Å². The second kappa shape index (κ2) is 5.43. The summed E-state index contributed by atoms with van der Waals surface area (Å²) in [7, 11) is 0. The molecule has 0 aliphatic heterocycles. The van der Waals surface area contributed by atoms with Crippen molar-refractivity contribution in [3.05, 3.63) is 55.0 Å². The monoisotopic (exact) mass is 294 g/mol. The summed E-state index contributed by atoms with van der Waals surface area (Å²) in [5.74, 6) is 0. The fourth-order valence-corrected chi connectivity index (χ4v) is 1.49. The summed E-state index contributed by atoms with van der Waals surface area (Å²) in [6.45, 7) is 0. The first-order valence-corrected chi connectivity index (χ1v) is 4.91. The molecule has 0 saturated carbocycles. The van der Waals surface area contributed by atoms with Crippen molar-refractivity contribution in [3.8, 4) is 11.3 Å². The Bertz CT molecular complexity index is 626. The largest absolute Gasteiger partial charge is 0.392 e. The van der Waals surface area contributed by atoms with Crippen LogP contribution in [0.25, 0.3) is 22.3 Å². The summed E-state index contributed by atoms with van der Waals surface area (Å²) in [5.41, 5.74) is 3.18. The van der Waals surface area contributed by atoms with Gasteiger partial charge in [-0.15, -0.1) is 24.2 Å². The minimum atomic E-state index is 0. The molecule has 3 nitrogen and oxygen atoms in total. The summed E-state index contributed by atoms with van der Waals surface area (Å²) in [4.78, 5) is 12.6. The number of nitrogens with zero attached hydrogens (tertiary/aromatic N) is 3. The summed E-state index contributed by atoms with van der Waals surface area (Å²) in [6, 6.07) is 11.4. The Morgan fingerprint density at radius 2 is 1.71 bits per heavy atom. The third-order valence-electron chi connectivity index (χ3n) is 2.26. The van der Waals surface area contributed by atoms with Crippen molar-refractivity contribution in [2.45, 2.75) is 0 Å². The van der Waals surface area contributed by atoms with Gasteiger partial charge in [0.2, 0.25) is 0 Å². The maximum Gasteiger partial charge on any atom is 0.0206 e. The molecule has 79 valence electrons. The van der Waals surface area contributed by atoms with Gasteiger partial charge in [-0.05, 0) is 11.6 Å². The molecule has 0 spiro atoms. The Labute approximate surface area is 124 Å². The first kappa shape index (κ1) is 12.3. The minimum absolute atomic E-state index is 0. The molecule has 0 unspecified atom stereocenters. The van der Waals surface area contributed by atoms with Gasteiger partial charge in [0.05, 0.1) is 0 Å². The predicted octanol–water partition coefficient (Wildman–Crippen LogP) is 2.29. The van der Waals surface area contributed by atoms with Crippen LogP contribution in [0.3, 0.4) is 0 Å². The molecule has 4 heteroatoms. The predicted molar refractivity (Wildman–Crippen MR) is 60.4 cm³/mol. The molecule has 0 fully saturated rings. The summed E-state index contributed by atoms with van der Waals surface area (Å²) in [6.07, 6.45) is 7.44. The number of aromatic nitrogens is 3. The van der Waals surface area contributed by atoms with Crippen LogP contribution >= 0.6 is 0 Å². The van der Waals surface area contributed by atoms with E-state index in [1.54, 1.807) is 6.20 Å². The molecule has 0 aliphatic rings. The molecular weight excluding hydrogens is 287 g/mol. The Balaban J connectivity index is 0.00000108. The van der Waals surface area contributed by atoms with Crippen molar-refractivity contribution in [1.82, 2.24) is 15.0 Å². The molecular formula is C13H7N3Y-2. The molecule has 17 heavy (non-hydrogen) atoms. The van der Waals surface area contributed by atoms with Gasteiger partial charge >= 0.3 is 0 Å². The molecule has 1 aromatic carbocycles. The Hall–Kier alpha value is -1.19. The minimum Gasteiger partial charge on any atom is -0.392 e. The van der Waals surface area contributed by atoms with Crippen LogP contribution in [0.4, 0.5) is 0 Å². The van der Waals surface area contributed by atoms with Crippen molar-refractivity contribution in [1.29, 1.82) is 0 Å². The second-order valence-electron chi connectivity index (χ2n) is 3.34. The van der Waals surface area contributed by atoms with Gasteiger partial charge in [-0.3, -0.25) is 0 Å². The fraction of sp³-hybridized carbons (Fsp3) is 0. The average Bonchev–Trinajstić information content (AvgIpc) is 2.39. The number of fused-ring (bicyclic) bond motifs is 1. The zero-order chi connectivity index (χ0) is 10.8. The smallest absolute Gasteiger partial charge is 0.0206 e. The molecule has 0 aliphatic carbocycles. The molecule has 0 atom stereocenters. The van der Waals surface area contributed by atoms with Gasteiger partial charge in [0.15, 0.2) is 0 Å². The van der Waals surface area contributed by atoms with Crippen LogP contribution in [0.1, 0.15) is 0 Å². The first-order chi connectivity index (χ1) is 7.93. The van der Waals surface area contributed by atoms with E-state index in [1.807, 2.05) is 36.4 Å². The van der Waals surface area contributed by atoms with E-state index in [2.05, 4.69) is 27.3 Å². The fourth-order valence-electron chi connectivity index (χ4n) is 1.49. The molecule has 0 bridgehead atoms. The van der Waals surface area contributed by atoms with Gasteiger partial charge in [0.1, 0.15) is 0 Å². The van der Waals surface area contributed by atoms with E-state index in [9.17, 15) is 0 Å². The molecule has 0 N–H and O–H groups in total. The maximum atomic E-state index is 4.46. The number of rotatable bonds is 1. The van der Waals surface area contributed by atoms with Crippen LogP contribution in [-0.2, 0) is 32.7 Å². The average molecular weight is 294 g/mol. The first-order valence-electron chi connectivity index (χ1n) is 4.91. The third-order valence-corrected chi connectivity index (χ3v) is 2.26. The molecule has 2 aromatic heterocycles. The van der Waals surface area contributed by atoms with Crippen LogP contribution in [0.15, 0.2) is 42.6 Å². The molecule has 2 heterocycles. The topological polar surface area (TPSA) is 38.7 Å². The Morgan fingerprint density at radius 3 is 2.47 bits per heavy atom. The van der Waals surface area contributed by atoms with Gasteiger partial charge < -0.3 is 15.0 Å². The van der Waals surface area contributed by atoms with Gasteiger partial charge in [0.25, 0.3) is 0 Å². The molecule has 0 saturated heterocycles. The number of para-hydroxylation sites is 2. The normalized spacial score (nSPS) is 9.88. The quantitative estimate of drug-likeness (QED) is 0.646. The van der Waals surface area contributed by atoms with E-state index in [0.29, 0.717) is 5.69 Å². The van der Waals surface area contributed by atoms with Crippen molar-refractivity contribution >= 4 is 11.0 Å². The van der Waals surface area contributed by atoms with Crippen LogP contribution < -0.4 is 0 Å². The van der Waals surface area contributed by atoms with Crippen molar-refractivity contribution in [2.24, 2.45) is 0 Å². The van der Waals surface area contributed by atoms with Crippen LogP contribution in [0.2, 0.25) is 0 Å². The number of hydrogen-bond acceptors (Lipinski definition) is 3. The molecule has 3 aromatic rings. The Morgan fingerprint density at radius 1 is 0.882 bits per heavy atom. The van der Waals surface area contributed by atoms with Crippen LogP contribution in [-0.4, -0.2) is 15.0 Å². The van der Waals surface area contributed by atoms with Gasteiger partial charge in [-0.1, -0.05) is 24.4 Å². The Kier molecular flexibility index (Phi) is 3.92. The van der Waals surface area contributed by atoms with E-state index >= 15 is 0 Å². The summed E-state index contributed by atoms with van der Waals surface area (Å²) in [5, 5.41) is 0. The second-order valence-corrected chi connectivity index (χ2v) is 3.34.